The number of para-hydroxylation sites is 1. The minimum atomic E-state index is -0.723. The van der Waals surface area contributed by atoms with E-state index in [0.717, 1.165) is 0 Å². The van der Waals surface area contributed by atoms with E-state index in [0.29, 0.717) is 22.5 Å². The van der Waals surface area contributed by atoms with Crippen molar-refractivity contribution in [1.82, 2.24) is 4.98 Å². The molecule has 4 aromatic rings. The third-order valence-corrected chi connectivity index (χ3v) is 4.53. The van der Waals surface area contributed by atoms with Gasteiger partial charge in [-0.25, -0.2) is 4.98 Å². The monoisotopic (exact) mass is 415 g/mol. The van der Waals surface area contributed by atoms with E-state index >= 15 is 0 Å². The van der Waals surface area contributed by atoms with Crippen molar-refractivity contribution in [2.45, 2.75) is 0 Å². The highest BCUT2D eigenvalue weighted by molar-refractivity contribution is 6.12. The number of hydrogen-bond acceptors (Lipinski definition) is 6. The van der Waals surface area contributed by atoms with E-state index in [1.54, 1.807) is 42.5 Å². The quantitative estimate of drug-likeness (QED) is 0.368. The van der Waals surface area contributed by atoms with Crippen molar-refractivity contribution in [3.8, 4) is 0 Å². The SMILES string of the molecule is NC(=O)c1cccc(C(=O)Nc2cccc(NC(=O)c3ccc4occc4n3)c2)c1N. The predicted molar refractivity (Wildman–Crippen MR) is 116 cm³/mol. The molecule has 3 amide bonds. The molecule has 2 heterocycles. The summed E-state index contributed by atoms with van der Waals surface area (Å²) in [5, 5.41) is 5.42. The van der Waals surface area contributed by atoms with E-state index in [1.165, 1.54) is 24.5 Å². The largest absolute Gasteiger partial charge is 0.463 e. The summed E-state index contributed by atoms with van der Waals surface area (Å²) < 4.78 is 5.22. The van der Waals surface area contributed by atoms with Crippen molar-refractivity contribution in [2.75, 3.05) is 16.4 Å². The second kappa shape index (κ2) is 7.99. The van der Waals surface area contributed by atoms with Gasteiger partial charge in [0, 0.05) is 17.4 Å². The van der Waals surface area contributed by atoms with Crippen LogP contribution in [0.2, 0.25) is 0 Å². The number of nitrogens with zero attached hydrogens (tertiary/aromatic N) is 1. The second-order valence-corrected chi connectivity index (χ2v) is 6.62. The van der Waals surface area contributed by atoms with Gasteiger partial charge in [-0.2, -0.15) is 0 Å². The van der Waals surface area contributed by atoms with Crippen molar-refractivity contribution in [3.63, 3.8) is 0 Å². The Hall–Kier alpha value is -4.66. The van der Waals surface area contributed by atoms with Crippen LogP contribution in [0.3, 0.4) is 0 Å². The smallest absolute Gasteiger partial charge is 0.274 e. The number of benzene rings is 2. The number of amides is 3. The molecule has 9 heteroatoms. The first-order valence-corrected chi connectivity index (χ1v) is 9.17. The Labute approximate surface area is 176 Å². The van der Waals surface area contributed by atoms with Crippen molar-refractivity contribution in [1.29, 1.82) is 0 Å². The first-order valence-electron chi connectivity index (χ1n) is 9.17. The number of pyridine rings is 1. The van der Waals surface area contributed by atoms with Crippen LogP contribution in [0, 0.1) is 0 Å². The van der Waals surface area contributed by atoms with Crippen molar-refractivity contribution in [3.05, 3.63) is 83.7 Å². The summed E-state index contributed by atoms with van der Waals surface area (Å²) in [5.74, 6) is -1.65. The molecule has 0 unspecified atom stereocenters. The van der Waals surface area contributed by atoms with Gasteiger partial charge in [0.1, 0.15) is 11.2 Å². The van der Waals surface area contributed by atoms with Crippen LogP contribution in [-0.2, 0) is 0 Å². The number of carbonyl (C=O) groups excluding carboxylic acids is 3. The molecule has 0 atom stereocenters. The van der Waals surface area contributed by atoms with Crippen molar-refractivity contribution < 1.29 is 18.8 Å². The van der Waals surface area contributed by atoms with Gasteiger partial charge in [-0.15, -0.1) is 0 Å². The van der Waals surface area contributed by atoms with Crippen LogP contribution in [0.25, 0.3) is 11.1 Å². The standard InChI is InChI=1S/C22H17N5O4/c23-19-14(20(24)28)5-2-6-15(19)21(29)25-12-3-1-4-13(11-12)26-22(30)17-7-8-18-16(27-17)9-10-31-18/h1-11H,23H2,(H2,24,28)(H,25,29)(H,26,30). The number of primary amides is 1. The number of furan rings is 1. The number of anilines is 3. The molecule has 9 nitrogen and oxygen atoms in total. The van der Waals surface area contributed by atoms with Crippen LogP contribution < -0.4 is 22.1 Å². The number of hydrogen-bond donors (Lipinski definition) is 4. The van der Waals surface area contributed by atoms with Gasteiger partial charge < -0.3 is 26.5 Å². The van der Waals surface area contributed by atoms with Crippen LogP contribution >= 0.6 is 0 Å². The summed E-state index contributed by atoms with van der Waals surface area (Å²) in [6.45, 7) is 0. The maximum absolute atomic E-state index is 12.6. The number of nitrogens with two attached hydrogens (primary N) is 2. The zero-order valence-corrected chi connectivity index (χ0v) is 16.1. The Balaban J connectivity index is 1.50. The van der Waals surface area contributed by atoms with Crippen LogP contribution in [0.4, 0.5) is 17.1 Å². The fraction of sp³-hybridized carbons (Fsp3) is 0. The van der Waals surface area contributed by atoms with Gasteiger partial charge in [-0.1, -0.05) is 12.1 Å². The molecule has 0 spiro atoms. The normalized spacial score (nSPS) is 10.6. The highest BCUT2D eigenvalue weighted by Crippen LogP contribution is 2.21. The molecule has 0 radical (unpaired) electrons. The molecule has 2 aromatic carbocycles. The van der Waals surface area contributed by atoms with Crippen molar-refractivity contribution >= 4 is 45.9 Å². The van der Waals surface area contributed by atoms with Gasteiger partial charge in [-0.3, -0.25) is 14.4 Å². The highest BCUT2D eigenvalue weighted by Gasteiger charge is 2.16. The summed E-state index contributed by atoms with van der Waals surface area (Å²) in [6, 6.07) is 15.9. The average molecular weight is 415 g/mol. The molecule has 0 aliphatic rings. The number of carbonyl (C=O) groups is 3. The predicted octanol–water partition coefficient (Wildman–Crippen LogP) is 3.01. The van der Waals surface area contributed by atoms with Crippen LogP contribution in [0.1, 0.15) is 31.2 Å². The lowest BCUT2D eigenvalue weighted by Gasteiger charge is -2.11. The van der Waals surface area contributed by atoms with Gasteiger partial charge >= 0.3 is 0 Å². The third kappa shape index (κ3) is 4.06. The molecule has 0 fully saturated rings. The molecule has 4 rings (SSSR count). The van der Waals surface area contributed by atoms with E-state index in [-0.39, 0.29) is 22.5 Å². The minimum absolute atomic E-state index is 0.00216. The van der Waals surface area contributed by atoms with Crippen LogP contribution in [-0.4, -0.2) is 22.7 Å². The van der Waals surface area contributed by atoms with E-state index in [2.05, 4.69) is 15.6 Å². The Bertz CT molecular complexity index is 1330. The fourth-order valence-corrected chi connectivity index (χ4v) is 3.03. The van der Waals surface area contributed by atoms with Crippen LogP contribution in [0.5, 0.6) is 0 Å². The second-order valence-electron chi connectivity index (χ2n) is 6.62. The lowest BCUT2D eigenvalue weighted by Crippen LogP contribution is -2.19. The van der Waals surface area contributed by atoms with Gasteiger partial charge in [-0.05, 0) is 42.5 Å². The van der Waals surface area contributed by atoms with Crippen LogP contribution in [0.15, 0.2) is 71.3 Å². The molecular formula is C22H17N5O4. The molecule has 0 aliphatic carbocycles. The fourth-order valence-electron chi connectivity index (χ4n) is 3.03. The Morgan fingerprint density at radius 3 is 2.26 bits per heavy atom. The molecule has 0 bridgehead atoms. The summed E-state index contributed by atoms with van der Waals surface area (Å²) >= 11 is 0. The number of nitrogens with one attached hydrogen (secondary N) is 2. The molecule has 31 heavy (non-hydrogen) atoms. The Kier molecular flexibility index (Phi) is 5.07. The lowest BCUT2D eigenvalue weighted by atomic mass is 10.1. The third-order valence-electron chi connectivity index (χ3n) is 4.53. The zero-order valence-electron chi connectivity index (χ0n) is 16.1. The summed E-state index contributed by atoms with van der Waals surface area (Å²) in [4.78, 5) is 40.8. The maximum atomic E-state index is 12.6. The number of aromatic nitrogens is 1. The molecule has 154 valence electrons. The first-order chi connectivity index (χ1) is 14.9. The minimum Gasteiger partial charge on any atom is -0.463 e. The zero-order chi connectivity index (χ0) is 22.0. The van der Waals surface area contributed by atoms with E-state index < -0.39 is 17.7 Å². The summed E-state index contributed by atoms with van der Waals surface area (Å²) in [5.41, 5.74) is 13.6. The summed E-state index contributed by atoms with van der Waals surface area (Å²) in [6.07, 6.45) is 1.50. The molecule has 0 saturated heterocycles. The molecule has 0 saturated carbocycles. The highest BCUT2D eigenvalue weighted by atomic mass is 16.3. The number of nitrogen functional groups attached to an aromatic ring is 1. The van der Waals surface area contributed by atoms with Gasteiger partial charge in [0.25, 0.3) is 17.7 Å². The molecular weight excluding hydrogens is 398 g/mol. The maximum Gasteiger partial charge on any atom is 0.274 e. The van der Waals surface area contributed by atoms with Gasteiger partial charge in [0.15, 0.2) is 5.58 Å². The average Bonchev–Trinajstić information content (AvgIpc) is 3.21. The van der Waals surface area contributed by atoms with E-state index in [9.17, 15) is 14.4 Å². The van der Waals surface area contributed by atoms with Gasteiger partial charge in [0.2, 0.25) is 0 Å². The lowest BCUT2D eigenvalue weighted by molar-refractivity contribution is 0.0997. The Morgan fingerprint density at radius 1 is 0.839 bits per heavy atom. The van der Waals surface area contributed by atoms with Gasteiger partial charge in [0.05, 0.1) is 23.1 Å². The van der Waals surface area contributed by atoms with E-state index in [4.69, 9.17) is 15.9 Å². The topological polar surface area (TPSA) is 153 Å². The van der Waals surface area contributed by atoms with Crippen molar-refractivity contribution in [2.24, 2.45) is 5.73 Å². The summed E-state index contributed by atoms with van der Waals surface area (Å²) in [7, 11) is 0. The number of fused-ring (bicyclic) bond motifs is 1. The molecule has 6 N–H and O–H groups in total. The molecule has 0 aliphatic heterocycles. The Morgan fingerprint density at radius 2 is 1.52 bits per heavy atom. The number of rotatable bonds is 5. The van der Waals surface area contributed by atoms with E-state index in [1.807, 2.05) is 0 Å². The first kappa shape index (κ1) is 19.6. The molecule has 2 aromatic heterocycles.